The minimum atomic E-state index is -3.92. The van der Waals surface area contributed by atoms with E-state index in [0.717, 1.165) is 0 Å². The van der Waals surface area contributed by atoms with Crippen molar-refractivity contribution >= 4 is 39.4 Å². The van der Waals surface area contributed by atoms with E-state index in [0.29, 0.717) is 16.1 Å². The number of benzene rings is 2. The smallest absolute Gasteiger partial charge is 0.325 e. The van der Waals surface area contributed by atoms with Crippen molar-refractivity contribution in [2.75, 3.05) is 20.2 Å². The van der Waals surface area contributed by atoms with Crippen LogP contribution < -0.4 is 15.4 Å². The van der Waals surface area contributed by atoms with E-state index < -0.39 is 28.4 Å². The molecule has 0 saturated carbocycles. The van der Waals surface area contributed by atoms with Crippen molar-refractivity contribution in [2.45, 2.75) is 11.4 Å². The van der Waals surface area contributed by atoms with Crippen LogP contribution in [0.15, 0.2) is 53.4 Å². The summed E-state index contributed by atoms with van der Waals surface area (Å²) in [6.45, 7) is -0.684. The Kier molecular flexibility index (Phi) is 8.34. The Morgan fingerprint density at radius 3 is 2.17 bits per heavy atom. The van der Waals surface area contributed by atoms with Crippen LogP contribution in [0.25, 0.3) is 0 Å². The molecule has 0 aliphatic rings. The number of rotatable bonds is 9. The number of amides is 2. The quantitative estimate of drug-likeness (QED) is 0.482. The van der Waals surface area contributed by atoms with E-state index in [2.05, 4.69) is 20.1 Å². The molecule has 0 unspecified atom stereocenters. The van der Waals surface area contributed by atoms with Gasteiger partial charge in [0.25, 0.3) is 5.91 Å². The van der Waals surface area contributed by atoms with Crippen LogP contribution in [-0.4, -0.2) is 46.4 Å². The highest BCUT2D eigenvalue weighted by molar-refractivity contribution is 7.89. The molecule has 30 heavy (non-hydrogen) atoms. The molecular weight excluding hydrogens is 434 g/mol. The third kappa shape index (κ3) is 7.14. The summed E-state index contributed by atoms with van der Waals surface area (Å²) in [6, 6.07) is 12.2. The molecule has 9 nitrogen and oxygen atoms in total. The molecule has 2 aromatic carbocycles. The lowest BCUT2D eigenvalue weighted by Crippen LogP contribution is -2.39. The second kappa shape index (κ2) is 10.7. The first kappa shape index (κ1) is 23.3. The Bertz CT molecular complexity index is 1010. The first-order valence-corrected chi connectivity index (χ1v) is 10.5. The zero-order valence-electron chi connectivity index (χ0n) is 16.0. The zero-order valence-corrected chi connectivity index (χ0v) is 17.5. The van der Waals surface area contributed by atoms with Gasteiger partial charge in [0.1, 0.15) is 6.54 Å². The molecule has 0 saturated heterocycles. The predicted molar refractivity (Wildman–Crippen MR) is 109 cm³/mol. The van der Waals surface area contributed by atoms with Gasteiger partial charge in [0, 0.05) is 17.1 Å². The summed E-state index contributed by atoms with van der Waals surface area (Å²) in [5.41, 5.74) is 1.14. The van der Waals surface area contributed by atoms with Crippen LogP contribution in [0.2, 0.25) is 5.02 Å². The van der Waals surface area contributed by atoms with Crippen LogP contribution in [0, 0.1) is 0 Å². The largest absolute Gasteiger partial charge is 0.468 e. The molecule has 0 heterocycles. The molecule has 0 atom stereocenters. The van der Waals surface area contributed by atoms with Gasteiger partial charge in [-0.25, -0.2) is 13.1 Å². The standard InChI is InChI=1S/C19H20ClN3O6S/c1-29-18(25)12-21-17(24)11-23-30(27,28)16-8-2-13(3-9-16)10-22-19(26)14-4-6-15(20)7-5-14/h2-9,23H,10-12H2,1H3,(H,21,24)(H,22,26). The van der Waals surface area contributed by atoms with Gasteiger partial charge in [-0.3, -0.25) is 14.4 Å². The third-order valence-corrected chi connectivity index (χ3v) is 5.54. The van der Waals surface area contributed by atoms with E-state index in [1.807, 2.05) is 0 Å². The van der Waals surface area contributed by atoms with Crippen molar-refractivity contribution in [1.29, 1.82) is 0 Å². The average Bonchev–Trinajstić information content (AvgIpc) is 2.75. The van der Waals surface area contributed by atoms with Crippen LogP contribution in [0.5, 0.6) is 0 Å². The van der Waals surface area contributed by atoms with Crippen LogP contribution in [0.1, 0.15) is 15.9 Å². The van der Waals surface area contributed by atoms with Gasteiger partial charge in [0.15, 0.2) is 0 Å². The summed E-state index contributed by atoms with van der Waals surface area (Å²) < 4.78 is 31.0. The molecule has 11 heteroatoms. The monoisotopic (exact) mass is 453 g/mol. The Hall–Kier alpha value is -2.95. The molecule has 2 amide bonds. The number of halogens is 1. The number of methoxy groups -OCH3 is 1. The number of esters is 1. The molecule has 0 spiro atoms. The number of nitrogens with one attached hydrogen (secondary N) is 3. The number of carbonyl (C=O) groups is 3. The van der Waals surface area contributed by atoms with E-state index in [1.165, 1.54) is 19.2 Å². The molecule has 0 bridgehead atoms. The van der Waals surface area contributed by atoms with Gasteiger partial charge >= 0.3 is 5.97 Å². The molecule has 2 rings (SSSR count). The van der Waals surface area contributed by atoms with E-state index in [1.54, 1.807) is 36.4 Å². The highest BCUT2D eigenvalue weighted by Gasteiger charge is 2.16. The number of hydrogen-bond acceptors (Lipinski definition) is 6. The van der Waals surface area contributed by atoms with E-state index in [4.69, 9.17) is 11.6 Å². The molecular formula is C19H20ClN3O6S. The average molecular weight is 454 g/mol. The van der Waals surface area contributed by atoms with Gasteiger partial charge in [0.2, 0.25) is 15.9 Å². The summed E-state index contributed by atoms with van der Waals surface area (Å²) in [4.78, 5) is 34.6. The normalized spacial score (nSPS) is 10.9. The van der Waals surface area contributed by atoms with E-state index >= 15 is 0 Å². The van der Waals surface area contributed by atoms with Crippen LogP contribution in [-0.2, 0) is 30.9 Å². The van der Waals surface area contributed by atoms with Crippen molar-refractivity contribution in [2.24, 2.45) is 0 Å². The number of sulfonamides is 1. The Morgan fingerprint density at radius 2 is 1.57 bits per heavy atom. The van der Waals surface area contributed by atoms with Crippen LogP contribution in [0.3, 0.4) is 0 Å². The fourth-order valence-electron chi connectivity index (χ4n) is 2.22. The van der Waals surface area contributed by atoms with Crippen LogP contribution in [0.4, 0.5) is 0 Å². The van der Waals surface area contributed by atoms with E-state index in [-0.39, 0.29) is 23.9 Å². The maximum Gasteiger partial charge on any atom is 0.325 e. The minimum absolute atomic E-state index is 0.0453. The summed E-state index contributed by atoms with van der Waals surface area (Å²) in [6.07, 6.45) is 0. The highest BCUT2D eigenvalue weighted by Crippen LogP contribution is 2.12. The molecule has 0 fully saturated rings. The lowest BCUT2D eigenvalue weighted by atomic mass is 10.2. The van der Waals surface area contributed by atoms with Gasteiger partial charge < -0.3 is 15.4 Å². The molecule has 3 N–H and O–H groups in total. The summed E-state index contributed by atoms with van der Waals surface area (Å²) in [5.74, 6) is -1.61. The first-order chi connectivity index (χ1) is 14.2. The Morgan fingerprint density at radius 1 is 0.933 bits per heavy atom. The van der Waals surface area contributed by atoms with Crippen molar-refractivity contribution in [3.05, 3.63) is 64.7 Å². The van der Waals surface area contributed by atoms with Crippen molar-refractivity contribution in [1.82, 2.24) is 15.4 Å². The number of ether oxygens (including phenoxy) is 1. The Labute approximate surface area is 178 Å². The molecule has 0 aromatic heterocycles. The highest BCUT2D eigenvalue weighted by atomic mass is 35.5. The molecule has 2 aromatic rings. The molecule has 0 radical (unpaired) electrons. The van der Waals surface area contributed by atoms with Gasteiger partial charge in [0.05, 0.1) is 18.6 Å². The van der Waals surface area contributed by atoms with Gasteiger partial charge in [-0.15, -0.1) is 0 Å². The lowest BCUT2D eigenvalue weighted by molar-refractivity contribution is -0.141. The maximum atomic E-state index is 12.3. The number of carbonyl (C=O) groups excluding carboxylic acids is 3. The summed E-state index contributed by atoms with van der Waals surface area (Å²) in [7, 11) is -2.75. The van der Waals surface area contributed by atoms with Gasteiger partial charge in [-0.2, -0.15) is 0 Å². The molecule has 160 valence electrons. The summed E-state index contributed by atoms with van der Waals surface area (Å²) in [5, 5.41) is 5.47. The second-order valence-electron chi connectivity index (χ2n) is 6.01. The topological polar surface area (TPSA) is 131 Å². The predicted octanol–water partition coefficient (Wildman–Crippen LogP) is 0.837. The second-order valence-corrected chi connectivity index (χ2v) is 8.21. The first-order valence-electron chi connectivity index (χ1n) is 8.67. The molecule has 0 aliphatic carbocycles. The third-order valence-electron chi connectivity index (χ3n) is 3.87. The fraction of sp³-hybridized carbons (Fsp3) is 0.211. The fourth-order valence-corrected chi connectivity index (χ4v) is 3.33. The van der Waals surface area contributed by atoms with Gasteiger partial charge in [-0.1, -0.05) is 23.7 Å². The van der Waals surface area contributed by atoms with Gasteiger partial charge in [-0.05, 0) is 42.0 Å². The van der Waals surface area contributed by atoms with Crippen LogP contribution >= 0.6 is 11.6 Å². The number of hydrogen-bond donors (Lipinski definition) is 3. The zero-order chi connectivity index (χ0) is 22.1. The van der Waals surface area contributed by atoms with Crippen molar-refractivity contribution in [3.63, 3.8) is 0 Å². The maximum absolute atomic E-state index is 12.3. The summed E-state index contributed by atoms with van der Waals surface area (Å²) >= 11 is 5.79. The lowest BCUT2D eigenvalue weighted by Gasteiger charge is -2.09. The minimum Gasteiger partial charge on any atom is -0.468 e. The van der Waals surface area contributed by atoms with Crippen molar-refractivity contribution < 1.29 is 27.5 Å². The Balaban J connectivity index is 1.87. The van der Waals surface area contributed by atoms with Crippen molar-refractivity contribution in [3.8, 4) is 0 Å². The van der Waals surface area contributed by atoms with E-state index in [9.17, 15) is 22.8 Å². The molecule has 0 aliphatic heterocycles. The SMILES string of the molecule is COC(=O)CNC(=O)CNS(=O)(=O)c1ccc(CNC(=O)c2ccc(Cl)cc2)cc1.